The van der Waals surface area contributed by atoms with Crippen LogP contribution in [0.5, 0.6) is 5.75 Å². The first-order valence-electron chi connectivity index (χ1n) is 9.60. The summed E-state index contributed by atoms with van der Waals surface area (Å²) in [5.74, 6) is -5.68. The summed E-state index contributed by atoms with van der Waals surface area (Å²) in [6.07, 6.45) is 0.822. The van der Waals surface area contributed by atoms with E-state index in [0.717, 1.165) is 0 Å². The summed E-state index contributed by atoms with van der Waals surface area (Å²) in [4.78, 5) is 40.2. The van der Waals surface area contributed by atoms with Crippen LogP contribution in [0.4, 0.5) is 0 Å². The largest absolute Gasteiger partial charge is 0.507 e. The van der Waals surface area contributed by atoms with E-state index in [0.29, 0.717) is 12.0 Å². The number of hydrogen-bond acceptors (Lipinski definition) is 7. The van der Waals surface area contributed by atoms with Crippen LogP contribution in [0, 0.1) is 17.8 Å². The number of ketones is 2. The summed E-state index contributed by atoms with van der Waals surface area (Å²) in [6.45, 7) is 0. The number of amides is 1. The first-order chi connectivity index (χ1) is 13.6. The quantitative estimate of drug-likeness (QED) is 0.518. The van der Waals surface area contributed by atoms with E-state index in [1.807, 2.05) is 0 Å². The average molecular weight is 400 g/mol. The molecule has 1 aromatic carbocycles. The number of nitrogens with two attached hydrogens (primary N) is 1. The molecule has 8 nitrogen and oxygen atoms in total. The van der Waals surface area contributed by atoms with Gasteiger partial charge in [-0.2, -0.15) is 0 Å². The van der Waals surface area contributed by atoms with E-state index in [-0.39, 0.29) is 29.7 Å². The van der Waals surface area contributed by atoms with Crippen LogP contribution in [-0.2, 0) is 20.8 Å². The highest BCUT2D eigenvalue weighted by molar-refractivity contribution is 6.24. The lowest BCUT2D eigenvalue weighted by molar-refractivity contribution is -0.173. The van der Waals surface area contributed by atoms with Gasteiger partial charge in [0, 0.05) is 17.5 Å². The van der Waals surface area contributed by atoms with E-state index >= 15 is 0 Å². The molecule has 3 aliphatic rings. The highest BCUT2D eigenvalue weighted by Crippen LogP contribution is 2.51. The first kappa shape index (κ1) is 19.6. The Hall–Kier alpha value is -2.71. The van der Waals surface area contributed by atoms with Crippen molar-refractivity contribution in [3.05, 3.63) is 34.9 Å². The molecule has 0 aliphatic heterocycles. The van der Waals surface area contributed by atoms with E-state index in [2.05, 4.69) is 0 Å². The fourth-order valence-corrected chi connectivity index (χ4v) is 5.40. The fourth-order valence-electron chi connectivity index (χ4n) is 5.40. The van der Waals surface area contributed by atoms with Crippen molar-refractivity contribution in [1.29, 1.82) is 0 Å². The molecular formula is C21H24N2O6. The van der Waals surface area contributed by atoms with Crippen molar-refractivity contribution in [1.82, 2.24) is 4.90 Å². The third-order valence-corrected chi connectivity index (χ3v) is 6.80. The first-order valence-corrected chi connectivity index (χ1v) is 9.60. The number of phenols is 1. The predicted octanol–water partition coefficient (Wildman–Crippen LogP) is 0.158. The Morgan fingerprint density at radius 1 is 1.21 bits per heavy atom. The Bertz CT molecular complexity index is 968. The number of aliphatic hydroxyl groups excluding tert-OH is 1. The van der Waals surface area contributed by atoms with Crippen molar-refractivity contribution < 1.29 is 29.7 Å². The van der Waals surface area contributed by atoms with Gasteiger partial charge in [0.25, 0.3) is 0 Å². The van der Waals surface area contributed by atoms with Crippen LogP contribution in [0.25, 0.3) is 5.76 Å². The zero-order valence-electron chi connectivity index (χ0n) is 16.3. The minimum absolute atomic E-state index is 0.0614. The second-order valence-electron chi connectivity index (χ2n) is 8.50. The molecule has 154 valence electrons. The summed E-state index contributed by atoms with van der Waals surface area (Å²) in [6, 6.07) is 4.43. The van der Waals surface area contributed by atoms with Crippen LogP contribution < -0.4 is 5.73 Å². The third kappa shape index (κ3) is 2.55. The lowest BCUT2D eigenvalue weighted by atomic mass is 9.55. The molecule has 5 N–H and O–H groups in total. The van der Waals surface area contributed by atoms with Crippen LogP contribution in [0.2, 0.25) is 0 Å². The monoisotopic (exact) mass is 400 g/mol. The molecular weight excluding hydrogens is 376 g/mol. The number of primary amides is 1. The maximum Gasteiger partial charge on any atom is 0.228 e. The predicted molar refractivity (Wildman–Crippen MR) is 103 cm³/mol. The summed E-state index contributed by atoms with van der Waals surface area (Å²) in [5, 5.41) is 32.4. The number of benzene rings is 1. The van der Waals surface area contributed by atoms with Gasteiger partial charge in [0.1, 0.15) is 17.4 Å². The number of Topliss-reactive ketones (excluding diaryl/α,β-unsaturated/α-hetero) is 2. The van der Waals surface area contributed by atoms with Crippen LogP contribution >= 0.6 is 0 Å². The Morgan fingerprint density at radius 2 is 1.90 bits per heavy atom. The van der Waals surface area contributed by atoms with Crippen LogP contribution in [0.1, 0.15) is 24.0 Å². The fraction of sp³-hybridized carbons (Fsp3) is 0.476. The number of aliphatic hydroxyl groups is 2. The van der Waals surface area contributed by atoms with Crippen molar-refractivity contribution in [2.45, 2.75) is 30.9 Å². The molecule has 5 atom stereocenters. The molecule has 0 aromatic heterocycles. The standard InChI is InChI=1S/C21H24N2O6/c1-23(2)13-8-11(20(22)28)18(26)21(29)12(13)7-10-6-9-4-3-5-14(24)15(9)17(25)16(10)19(21)27/h3-5,10-13,24-25,29H,6-8H2,1-2H3,(H2,22,28)/t10?,11?,12?,13-,21-/m1/s1. The minimum Gasteiger partial charge on any atom is -0.507 e. The minimum atomic E-state index is -2.44. The number of nitrogens with zero attached hydrogens (tertiary/aromatic N) is 1. The molecule has 8 heteroatoms. The van der Waals surface area contributed by atoms with Gasteiger partial charge in [-0.3, -0.25) is 14.4 Å². The van der Waals surface area contributed by atoms with Gasteiger partial charge in [-0.15, -0.1) is 0 Å². The number of carbonyl (C=O) groups excluding carboxylic acids is 3. The van der Waals surface area contributed by atoms with E-state index in [4.69, 9.17) is 5.73 Å². The van der Waals surface area contributed by atoms with Gasteiger partial charge in [0.15, 0.2) is 11.4 Å². The Morgan fingerprint density at radius 3 is 2.52 bits per heavy atom. The lowest BCUT2D eigenvalue weighted by Crippen LogP contribution is -2.69. The maximum absolute atomic E-state index is 13.5. The molecule has 2 saturated carbocycles. The number of rotatable bonds is 2. The van der Waals surface area contributed by atoms with E-state index in [1.165, 1.54) is 6.07 Å². The Labute approximate surface area is 167 Å². The Balaban J connectivity index is 1.89. The molecule has 0 saturated heterocycles. The molecule has 1 amide bonds. The highest BCUT2D eigenvalue weighted by atomic mass is 16.3. The topological polar surface area (TPSA) is 141 Å². The lowest BCUT2D eigenvalue weighted by Gasteiger charge is -2.52. The van der Waals surface area contributed by atoms with Crippen LogP contribution in [0.15, 0.2) is 23.8 Å². The van der Waals surface area contributed by atoms with Crippen LogP contribution in [-0.4, -0.2) is 63.4 Å². The number of aromatic hydroxyl groups is 1. The van der Waals surface area contributed by atoms with Gasteiger partial charge >= 0.3 is 0 Å². The van der Waals surface area contributed by atoms with Gasteiger partial charge in [0.05, 0.1) is 5.56 Å². The zero-order valence-corrected chi connectivity index (χ0v) is 16.3. The number of phenolic OH excluding ortho intramolecular Hbond substituents is 1. The molecule has 4 rings (SSSR count). The van der Waals surface area contributed by atoms with Gasteiger partial charge in [-0.1, -0.05) is 12.1 Å². The molecule has 0 heterocycles. The molecule has 0 radical (unpaired) electrons. The summed E-state index contributed by atoms with van der Waals surface area (Å²) in [7, 11) is 3.53. The van der Waals surface area contributed by atoms with Gasteiger partial charge in [-0.25, -0.2) is 0 Å². The smallest absolute Gasteiger partial charge is 0.228 e. The molecule has 1 aromatic rings. The maximum atomic E-state index is 13.5. The average Bonchev–Trinajstić information content (AvgIpc) is 2.64. The van der Waals surface area contributed by atoms with E-state index in [1.54, 1.807) is 31.1 Å². The van der Waals surface area contributed by atoms with Crippen molar-refractivity contribution in [2.75, 3.05) is 14.1 Å². The molecule has 0 spiro atoms. The van der Waals surface area contributed by atoms with Gasteiger partial charge in [-0.05, 0) is 50.9 Å². The second-order valence-corrected chi connectivity index (χ2v) is 8.50. The van der Waals surface area contributed by atoms with Crippen LogP contribution in [0.3, 0.4) is 0 Å². The van der Waals surface area contributed by atoms with Crippen molar-refractivity contribution in [2.24, 2.45) is 23.5 Å². The Kier molecular flexibility index (Phi) is 4.32. The normalized spacial score (nSPS) is 33.9. The van der Waals surface area contributed by atoms with Gasteiger partial charge in [0.2, 0.25) is 11.7 Å². The molecule has 0 bridgehead atoms. The van der Waals surface area contributed by atoms with Crippen molar-refractivity contribution in [3.8, 4) is 5.75 Å². The summed E-state index contributed by atoms with van der Waals surface area (Å²) >= 11 is 0. The number of hydrogen-bond donors (Lipinski definition) is 4. The van der Waals surface area contributed by atoms with E-state index < -0.39 is 52.6 Å². The number of fused-ring (bicyclic) bond motifs is 3. The third-order valence-electron chi connectivity index (χ3n) is 6.80. The summed E-state index contributed by atoms with van der Waals surface area (Å²) < 4.78 is 0. The molecule has 3 unspecified atom stereocenters. The van der Waals surface area contributed by atoms with E-state index in [9.17, 15) is 29.7 Å². The zero-order chi connectivity index (χ0) is 21.2. The molecule has 2 fully saturated rings. The molecule has 3 aliphatic carbocycles. The van der Waals surface area contributed by atoms with Crippen molar-refractivity contribution in [3.63, 3.8) is 0 Å². The second kappa shape index (κ2) is 6.40. The molecule has 29 heavy (non-hydrogen) atoms. The van der Waals surface area contributed by atoms with Crippen molar-refractivity contribution >= 4 is 23.2 Å². The highest BCUT2D eigenvalue weighted by Gasteiger charge is 2.64. The SMILES string of the molecule is CN(C)[C@@H]1CC(C(N)=O)C(=O)[C@@]2(O)C(=O)C3=C(O)c4c(O)cccc4CC3CC12. The summed E-state index contributed by atoms with van der Waals surface area (Å²) in [5.41, 5.74) is 3.74. The number of carbonyl (C=O) groups is 3. The van der Waals surface area contributed by atoms with Gasteiger partial charge < -0.3 is 26.0 Å².